The summed E-state index contributed by atoms with van der Waals surface area (Å²) in [4.78, 5) is 61.2. The molecule has 4 atom stereocenters. The van der Waals surface area contributed by atoms with Crippen LogP contribution in [0.25, 0.3) is 0 Å². The summed E-state index contributed by atoms with van der Waals surface area (Å²) in [6, 6.07) is 74.9. The highest BCUT2D eigenvalue weighted by Crippen LogP contribution is 2.40. The minimum atomic E-state index is -0.375. The van der Waals surface area contributed by atoms with Crippen molar-refractivity contribution in [2.24, 2.45) is 0 Å². The van der Waals surface area contributed by atoms with E-state index in [2.05, 4.69) is 43.8 Å². The standard InChI is InChI=1S/2C36H33N8O4.2ClH/c2*1-43-23-24-44(2,32-39-35(47-28-19-11-5-12-20-28)42-36(40-32)48-29-21-13-6-14-22-29)30(25-43)31-37-33(45-26-15-7-3-8-16-26)41-34(38-31)46-27-17-9-4-10-18-27;;/h2*3-22,30H,23-25H2,1-2H3;2*1H/q2*+1;;/p-2. The third-order valence-electron chi connectivity index (χ3n) is 15.8. The zero-order valence-electron chi connectivity index (χ0n) is 53.7. The average molecular weight is 1350 g/mol. The SMILES string of the molecule is CN1CC[N+](C)(c2nc(Oc3ccccc3)nc(Oc3ccccc3)n2)C(c2nc(Oc3ccccc3)nc(Oc3ccccc3)n2)C1.CN1CC[N+](C)(c2nc(Oc3ccccc3)nc(Oc3ccccc3)n2)C(c2nc(Oc3ccccc3)nc(Oc3ccccc3)n2)C1.[Cl-].[Cl-]. The lowest BCUT2D eigenvalue weighted by Gasteiger charge is -2.44. The van der Waals surface area contributed by atoms with Gasteiger partial charge >= 0.3 is 60.0 Å². The molecule has 2 saturated heterocycles. The van der Waals surface area contributed by atoms with Crippen molar-refractivity contribution in [3.8, 4) is 94.1 Å². The highest BCUT2D eigenvalue weighted by atomic mass is 35.5. The van der Waals surface area contributed by atoms with Gasteiger partial charge < -0.3 is 62.7 Å². The highest BCUT2D eigenvalue weighted by molar-refractivity contribution is 5.39. The van der Waals surface area contributed by atoms with Crippen LogP contribution in [0.3, 0.4) is 0 Å². The number of benzene rings is 8. The number of halogens is 2. The Balaban J connectivity index is 0.000000194. The predicted molar refractivity (Wildman–Crippen MR) is 357 cm³/mol. The number of hydrogen-bond donors (Lipinski definition) is 0. The molecule has 2 aliphatic rings. The molecule has 4 unspecified atom stereocenters. The van der Waals surface area contributed by atoms with Gasteiger partial charge in [0.05, 0.1) is 40.3 Å². The van der Waals surface area contributed by atoms with Gasteiger partial charge in [0, 0.05) is 13.1 Å². The lowest BCUT2D eigenvalue weighted by Crippen LogP contribution is -3.00. The Morgan fingerprint density at radius 3 is 0.622 bits per heavy atom. The Kier molecular flexibility index (Phi) is 22.1. The normalized spacial score (nSPS) is 17.4. The van der Waals surface area contributed by atoms with Gasteiger partial charge in [0.15, 0.2) is 23.7 Å². The van der Waals surface area contributed by atoms with Crippen LogP contribution in [-0.2, 0) is 0 Å². The Morgan fingerprint density at radius 2 is 0.439 bits per heavy atom. The van der Waals surface area contributed by atoms with Gasteiger partial charge in [-0.25, -0.2) is 8.97 Å². The molecule has 2 fully saturated rings. The second kappa shape index (κ2) is 31.9. The van der Waals surface area contributed by atoms with Gasteiger partial charge in [-0.3, -0.25) is 9.80 Å². The summed E-state index contributed by atoms with van der Waals surface area (Å²) >= 11 is 0. The van der Waals surface area contributed by atoms with E-state index in [-0.39, 0.29) is 93.9 Å². The van der Waals surface area contributed by atoms with E-state index >= 15 is 0 Å². The number of aromatic nitrogens is 12. The van der Waals surface area contributed by atoms with Crippen molar-refractivity contribution in [3.63, 3.8) is 0 Å². The molecule has 0 saturated carbocycles. The number of hydrogen-bond acceptors (Lipinski definition) is 22. The van der Waals surface area contributed by atoms with Crippen molar-refractivity contribution < 1.29 is 62.7 Å². The smallest absolute Gasteiger partial charge is 0.338 e. The van der Waals surface area contributed by atoms with Crippen molar-refractivity contribution in [2.45, 2.75) is 12.1 Å². The molecule has 4 aromatic heterocycles. The van der Waals surface area contributed by atoms with Crippen molar-refractivity contribution in [2.75, 3.05) is 67.5 Å². The molecule has 0 radical (unpaired) electrons. The van der Waals surface area contributed by atoms with E-state index in [4.69, 9.17) is 77.8 Å². The number of nitrogens with zero attached hydrogens (tertiary/aromatic N) is 16. The molecule has 98 heavy (non-hydrogen) atoms. The molecule has 0 bridgehead atoms. The van der Waals surface area contributed by atoms with E-state index < -0.39 is 0 Å². The van der Waals surface area contributed by atoms with Gasteiger partial charge in [-0.2, -0.15) is 19.9 Å². The fourth-order valence-corrected chi connectivity index (χ4v) is 10.6. The zero-order chi connectivity index (χ0) is 65.5. The summed E-state index contributed by atoms with van der Waals surface area (Å²) in [7, 11) is 8.21. The quantitative estimate of drug-likeness (QED) is 0.0664. The molecular weight excluding hydrogens is 1290 g/mol. The molecule has 6 heterocycles. The summed E-state index contributed by atoms with van der Waals surface area (Å²) in [5, 5.41) is 0. The van der Waals surface area contributed by atoms with Crippen LogP contribution in [0.5, 0.6) is 94.1 Å². The molecule has 2 aliphatic heterocycles. The first kappa shape index (κ1) is 68.0. The topological polar surface area (TPSA) is 235 Å². The van der Waals surface area contributed by atoms with Crippen LogP contribution in [0.15, 0.2) is 243 Å². The first-order chi connectivity index (χ1) is 47.0. The minimum absolute atomic E-state index is 0. The molecule has 0 spiro atoms. The first-order valence-corrected chi connectivity index (χ1v) is 31.0. The van der Waals surface area contributed by atoms with Crippen molar-refractivity contribution in [1.29, 1.82) is 0 Å². The summed E-state index contributed by atoms with van der Waals surface area (Å²) in [5.41, 5.74) is 0. The second-order valence-corrected chi connectivity index (χ2v) is 22.8. The molecule has 496 valence electrons. The van der Waals surface area contributed by atoms with Crippen LogP contribution in [0.1, 0.15) is 23.7 Å². The van der Waals surface area contributed by atoms with E-state index in [1.54, 1.807) is 0 Å². The number of para-hydroxylation sites is 8. The molecule has 26 heteroatoms. The maximum absolute atomic E-state index is 6.12. The largest absolute Gasteiger partial charge is 1.00 e. The number of ether oxygens (including phenoxy) is 8. The zero-order valence-corrected chi connectivity index (χ0v) is 55.2. The Labute approximate surface area is 578 Å². The van der Waals surface area contributed by atoms with E-state index in [1.807, 2.05) is 257 Å². The van der Waals surface area contributed by atoms with Crippen LogP contribution in [-0.4, -0.2) is 137 Å². The molecule has 8 aromatic carbocycles. The lowest BCUT2D eigenvalue weighted by molar-refractivity contribution is -0.001000. The number of rotatable bonds is 20. The van der Waals surface area contributed by atoms with E-state index in [1.165, 1.54) is 0 Å². The summed E-state index contributed by atoms with van der Waals surface area (Å²) in [6.07, 6.45) is 0. The highest BCUT2D eigenvalue weighted by Gasteiger charge is 2.48. The van der Waals surface area contributed by atoms with Gasteiger partial charge in [0.2, 0.25) is 0 Å². The van der Waals surface area contributed by atoms with Crippen LogP contribution < -0.4 is 71.7 Å². The average Bonchev–Trinajstić information content (AvgIpc) is 0.761. The van der Waals surface area contributed by atoms with Gasteiger partial charge in [-0.15, -0.1) is 39.9 Å². The van der Waals surface area contributed by atoms with Crippen LogP contribution in [0.2, 0.25) is 0 Å². The molecule has 24 nitrogen and oxygen atoms in total. The van der Waals surface area contributed by atoms with E-state index in [0.29, 0.717) is 95.7 Å². The Morgan fingerprint density at radius 1 is 0.265 bits per heavy atom. The molecule has 0 amide bonds. The van der Waals surface area contributed by atoms with Crippen LogP contribution in [0, 0.1) is 0 Å². The molecule has 0 N–H and O–H groups in total. The number of piperazine rings is 2. The van der Waals surface area contributed by atoms with Gasteiger partial charge in [-0.1, -0.05) is 146 Å². The third-order valence-corrected chi connectivity index (χ3v) is 15.8. The lowest BCUT2D eigenvalue weighted by atomic mass is 10.1. The van der Waals surface area contributed by atoms with E-state index in [0.717, 1.165) is 13.1 Å². The van der Waals surface area contributed by atoms with Gasteiger partial charge in [0.1, 0.15) is 46.0 Å². The van der Waals surface area contributed by atoms with Gasteiger partial charge in [-0.05, 0) is 111 Å². The van der Waals surface area contributed by atoms with E-state index in [9.17, 15) is 0 Å². The third kappa shape index (κ3) is 17.4. The van der Waals surface area contributed by atoms with Crippen LogP contribution >= 0.6 is 0 Å². The Bertz CT molecular complexity index is 3970. The monoisotopic (exact) mass is 1350 g/mol. The summed E-state index contributed by atoms with van der Waals surface area (Å²) in [6.45, 7) is 3.91. The fourth-order valence-electron chi connectivity index (χ4n) is 10.6. The Hall–Kier alpha value is -11.4. The predicted octanol–water partition coefficient (Wildman–Crippen LogP) is 7.71. The van der Waals surface area contributed by atoms with Crippen molar-refractivity contribution >= 4 is 11.9 Å². The number of quaternary nitrogens is 2. The van der Waals surface area contributed by atoms with Gasteiger partial charge in [0.25, 0.3) is 0 Å². The van der Waals surface area contributed by atoms with Crippen LogP contribution in [0.4, 0.5) is 11.9 Å². The summed E-state index contributed by atoms with van der Waals surface area (Å²) in [5.74, 6) is 6.43. The number of likely N-dealkylation sites (N-methyl/N-ethyl adjacent to an activating group) is 4. The maximum Gasteiger partial charge on any atom is 0.338 e. The molecule has 12 aromatic rings. The second-order valence-electron chi connectivity index (χ2n) is 22.8. The molecule has 0 aliphatic carbocycles. The van der Waals surface area contributed by atoms with Crippen molar-refractivity contribution in [3.05, 3.63) is 254 Å². The fraction of sp³-hybridized carbons (Fsp3) is 0.167. The summed E-state index contributed by atoms with van der Waals surface area (Å²) < 4.78 is 49.4. The minimum Gasteiger partial charge on any atom is -1.00 e. The maximum atomic E-state index is 6.12. The molecular formula is C72H66Cl2N16O8. The van der Waals surface area contributed by atoms with Crippen molar-refractivity contribution in [1.82, 2.24) is 78.6 Å². The first-order valence-electron chi connectivity index (χ1n) is 31.0. The molecule has 14 rings (SSSR count).